The number of aromatic nitrogens is 2. The second kappa shape index (κ2) is 5.87. The molecular formula is C15H20N2O2S. The minimum absolute atomic E-state index is 0.736. The first-order valence-corrected chi connectivity index (χ1v) is 7.76. The molecule has 0 bridgehead atoms. The van der Waals surface area contributed by atoms with E-state index in [1.165, 1.54) is 17.3 Å². The Balaban J connectivity index is 2.02. The number of H-pyrrole nitrogens is 1. The van der Waals surface area contributed by atoms with Gasteiger partial charge in [-0.3, -0.25) is 4.79 Å². The summed E-state index contributed by atoms with van der Waals surface area (Å²) in [5.41, 5.74) is 3.32. The zero-order valence-electron chi connectivity index (χ0n) is 12.1. The van der Waals surface area contributed by atoms with Crippen LogP contribution in [0.5, 0.6) is 0 Å². The van der Waals surface area contributed by atoms with E-state index in [9.17, 15) is 4.79 Å². The van der Waals surface area contributed by atoms with Gasteiger partial charge in [-0.1, -0.05) is 13.0 Å². The van der Waals surface area contributed by atoms with Gasteiger partial charge in [-0.25, -0.2) is 4.98 Å². The van der Waals surface area contributed by atoms with Crippen LogP contribution < -0.4 is 0 Å². The van der Waals surface area contributed by atoms with Crippen LogP contribution in [0.1, 0.15) is 32.2 Å². The highest BCUT2D eigenvalue weighted by Crippen LogP contribution is 2.25. The number of thioether (sulfide) groups is 1. The third kappa shape index (κ3) is 3.33. The number of aromatic amines is 1. The van der Waals surface area contributed by atoms with Gasteiger partial charge in [-0.15, -0.1) is 11.8 Å². The summed E-state index contributed by atoms with van der Waals surface area (Å²) < 4.78 is -0.749. The highest BCUT2D eigenvalue weighted by atomic mass is 32.2. The van der Waals surface area contributed by atoms with Gasteiger partial charge in [0.25, 0.3) is 0 Å². The van der Waals surface area contributed by atoms with Gasteiger partial charge < -0.3 is 10.1 Å². The molecule has 2 rings (SSSR count). The van der Waals surface area contributed by atoms with Crippen molar-refractivity contribution in [3.8, 4) is 0 Å². The van der Waals surface area contributed by atoms with Crippen LogP contribution in [0, 0.1) is 0 Å². The molecule has 0 saturated carbocycles. The number of aliphatic carboxylic acids is 1. The van der Waals surface area contributed by atoms with E-state index in [-0.39, 0.29) is 0 Å². The Morgan fingerprint density at radius 2 is 2.20 bits per heavy atom. The second-order valence-electron chi connectivity index (χ2n) is 5.30. The summed E-state index contributed by atoms with van der Waals surface area (Å²) in [6.45, 7) is 5.58. The van der Waals surface area contributed by atoms with Crippen molar-refractivity contribution in [3.05, 3.63) is 29.6 Å². The zero-order valence-corrected chi connectivity index (χ0v) is 12.9. The first-order chi connectivity index (χ1) is 9.42. The van der Waals surface area contributed by atoms with Crippen LogP contribution in [0.3, 0.4) is 0 Å². The van der Waals surface area contributed by atoms with Crippen molar-refractivity contribution in [2.24, 2.45) is 0 Å². The van der Waals surface area contributed by atoms with E-state index >= 15 is 0 Å². The molecule has 1 heterocycles. The maximum atomic E-state index is 11.0. The molecule has 0 saturated heterocycles. The van der Waals surface area contributed by atoms with Crippen molar-refractivity contribution < 1.29 is 9.90 Å². The quantitative estimate of drug-likeness (QED) is 0.857. The molecule has 5 heteroatoms. The third-order valence-electron chi connectivity index (χ3n) is 3.32. The number of nitrogens with one attached hydrogen (secondary N) is 1. The monoisotopic (exact) mass is 292 g/mol. The minimum atomic E-state index is -0.778. The van der Waals surface area contributed by atoms with Gasteiger partial charge in [-0.05, 0) is 38.0 Å². The number of aryl methyl sites for hydroxylation is 2. The average molecular weight is 292 g/mol. The van der Waals surface area contributed by atoms with Gasteiger partial charge >= 0.3 is 5.97 Å². The van der Waals surface area contributed by atoms with Crippen molar-refractivity contribution in [1.82, 2.24) is 9.97 Å². The van der Waals surface area contributed by atoms with E-state index in [4.69, 9.17) is 5.11 Å². The van der Waals surface area contributed by atoms with E-state index in [0.29, 0.717) is 0 Å². The van der Waals surface area contributed by atoms with Crippen LogP contribution in [0.4, 0.5) is 0 Å². The van der Waals surface area contributed by atoms with Crippen molar-refractivity contribution >= 4 is 28.8 Å². The lowest BCUT2D eigenvalue weighted by Gasteiger charge is -2.17. The molecule has 1 aromatic carbocycles. The molecule has 0 fully saturated rings. The van der Waals surface area contributed by atoms with Gasteiger partial charge in [0, 0.05) is 12.2 Å². The summed E-state index contributed by atoms with van der Waals surface area (Å²) in [7, 11) is 0. The van der Waals surface area contributed by atoms with Gasteiger partial charge in [0.15, 0.2) is 0 Å². The predicted octanol–water partition coefficient (Wildman–Crippen LogP) is 3.26. The average Bonchev–Trinajstić information content (AvgIpc) is 2.79. The number of fused-ring (bicyclic) bond motifs is 1. The van der Waals surface area contributed by atoms with Crippen LogP contribution in [-0.4, -0.2) is 31.5 Å². The van der Waals surface area contributed by atoms with Crippen molar-refractivity contribution in [3.63, 3.8) is 0 Å². The summed E-state index contributed by atoms with van der Waals surface area (Å²) in [6, 6.07) is 6.25. The number of benzene rings is 1. The zero-order chi connectivity index (χ0) is 14.8. The van der Waals surface area contributed by atoms with Gasteiger partial charge in [0.05, 0.1) is 11.0 Å². The Morgan fingerprint density at radius 3 is 2.85 bits per heavy atom. The summed E-state index contributed by atoms with van der Waals surface area (Å²) in [5.74, 6) is 0.876. The van der Waals surface area contributed by atoms with Crippen molar-refractivity contribution in [2.75, 3.05) is 5.75 Å². The molecule has 0 aliphatic carbocycles. The normalized spacial score (nSPS) is 11.9. The molecule has 0 aliphatic heterocycles. The number of carbonyl (C=O) groups is 1. The number of carboxylic acid groups (broad SMARTS) is 1. The van der Waals surface area contributed by atoms with E-state index in [0.717, 1.165) is 35.5 Å². The van der Waals surface area contributed by atoms with Crippen molar-refractivity contribution in [2.45, 2.75) is 38.4 Å². The maximum absolute atomic E-state index is 11.0. The molecule has 0 radical (unpaired) electrons. The smallest absolute Gasteiger partial charge is 0.319 e. The number of imidazole rings is 1. The Kier molecular flexibility index (Phi) is 4.38. The lowest BCUT2D eigenvalue weighted by atomic mass is 10.1. The molecule has 1 aromatic heterocycles. The number of hydrogen-bond donors (Lipinski definition) is 2. The molecule has 0 spiro atoms. The SMILES string of the molecule is CCc1ccc2nc(CCSC(C)(C)C(=O)O)[nH]c2c1. The molecule has 4 nitrogen and oxygen atoms in total. The van der Waals surface area contributed by atoms with Crippen LogP contribution in [0.25, 0.3) is 11.0 Å². The third-order valence-corrected chi connectivity index (χ3v) is 4.62. The Labute approximate surface area is 123 Å². The van der Waals surface area contributed by atoms with Gasteiger partial charge in [0.1, 0.15) is 10.6 Å². The molecule has 20 heavy (non-hydrogen) atoms. The van der Waals surface area contributed by atoms with Crippen LogP contribution in [0.2, 0.25) is 0 Å². The minimum Gasteiger partial charge on any atom is -0.480 e. The van der Waals surface area contributed by atoms with Gasteiger partial charge in [0.2, 0.25) is 0 Å². The fourth-order valence-electron chi connectivity index (χ4n) is 1.91. The Morgan fingerprint density at radius 1 is 1.45 bits per heavy atom. The van der Waals surface area contributed by atoms with E-state index in [2.05, 4.69) is 29.0 Å². The molecule has 108 valence electrons. The standard InChI is InChI=1S/C15H20N2O2S/c1-4-10-5-6-11-12(9-10)17-13(16-11)7-8-20-15(2,3)14(18)19/h5-6,9H,4,7-8H2,1-3H3,(H,16,17)(H,18,19). The van der Waals surface area contributed by atoms with E-state index in [1.807, 2.05) is 6.07 Å². The fourth-order valence-corrected chi connectivity index (χ4v) is 2.84. The summed E-state index contributed by atoms with van der Waals surface area (Å²) in [6.07, 6.45) is 1.75. The highest BCUT2D eigenvalue weighted by molar-refractivity contribution is 8.01. The molecule has 2 aromatic rings. The predicted molar refractivity (Wildman–Crippen MR) is 83.3 cm³/mol. The number of hydrogen-bond acceptors (Lipinski definition) is 3. The fraction of sp³-hybridized carbons (Fsp3) is 0.467. The molecule has 2 N–H and O–H groups in total. The van der Waals surface area contributed by atoms with E-state index in [1.54, 1.807) is 13.8 Å². The van der Waals surface area contributed by atoms with E-state index < -0.39 is 10.7 Å². The van der Waals surface area contributed by atoms with Crippen LogP contribution in [-0.2, 0) is 17.6 Å². The highest BCUT2D eigenvalue weighted by Gasteiger charge is 2.27. The van der Waals surface area contributed by atoms with Crippen LogP contribution in [0.15, 0.2) is 18.2 Å². The summed E-state index contributed by atoms with van der Waals surface area (Å²) in [4.78, 5) is 18.9. The number of rotatable bonds is 6. The number of carboxylic acids is 1. The van der Waals surface area contributed by atoms with Crippen LogP contribution >= 0.6 is 11.8 Å². The maximum Gasteiger partial charge on any atom is 0.319 e. The molecular weight excluding hydrogens is 272 g/mol. The largest absolute Gasteiger partial charge is 0.480 e. The first-order valence-electron chi connectivity index (χ1n) is 6.77. The second-order valence-corrected chi connectivity index (χ2v) is 7.02. The van der Waals surface area contributed by atoms with Crippen molar-refractivity contribution in [1.29, 1.82) is 0 Å². The topological polar surface area (TPSA) is 66.0 Å². The molecule has 0 unspecified atom stereocenters. The summed E-state index contributed by atoms with van der Waals surface area (Å²) >= 11 is 1.44. The lowest BCUT2D eigenvalue weighted by Crippen LogP contribution is -2.27. The summed E-state index contributed by atoms with van der Waals surface area (Å²) in [5, 5.41) is 9.07. The lowest BCUT2D eigenvalue weighted by molar-refractivity contribution is -0.138. The molecule has 0 amide bonds. The molecule has 0 atom stereocenters. The first kappa shape index (κ1) is 14.9. The molecule has 0 aliphatic rings. The number of nitrogens with zero attached hydrogens (tertiary/aromatic N) is 1. The Bertz CT molecular complexity index is 619. The Hall–Kier alpha value is -1.49. The van der Waals surface area contributed by atoms with Gasteiger partial charge in [-0.2, -0.15) is 0 Å².